The number of nitrogens with one attached hydrogen (secondary N) is 1. The SMILES string of the molecule is CNCC1CN(c2ccccc2C#N)CCCN1C. The van der Waals surface area contributed by atoms with Crippen LogP contribution in [0.1, 0.15) is 12.0 Å². The van der Waals surface area contributed by atoms with Gasteiger partial charge in [-0.2, -0.15) is 5.26 Å². The highest BCUT2D eigenvalue weighted by atomic mass is 15.2. The lowest BCUT2D eigenvalue weighted by Gasteiger charge is -2.30. The van der Waals surface area contributed by atoms with E-state index in [1.807, 2.05) is 25.2 Å². The molecule has 0 radical (unpaired) electrons. The average molecular weight is 258 g/mol. The molecule has 1 aromatic rings. The molecule has 0 bridgehead atoms. The average Bonchev–Trinajstić information content (AvgIpc) is 2.62. The van der Waals surface area contributed by atoms with Gasteiger partial charge < -0.3 is 15.1 Å². The van der Waals surface area contributed by atoms with Crippen LogP contribution in [-0.4, -0.2) is 51.2 Å². The Bertz CT molecular complexity index is 452. The Balaban J connectivity index is 2.21. The van der Waals surface area contributed by atoms with Crippen molar-refractivity contribution in [2.24, 2.45) is 0 Å². The van der Waals surface area contributed by atoms with Crippen LogP contribution in [0.3, 0.4) is 0 Å². The molecule has 0 saturated carbocycles. The summed E-state index contributed by atoms with van der Waals surface area (Å²) in [4.78, 5) is 4.76. The summed E-state index contributed by atoms with van der Waals surface area (Å²) in [6.45, 7) is 4.07. The summed E-state index contributed by atoms with van der Waals surface area (Å²) in [7, 11) is 4.17. The molecule has 0 amide bonds. The number of nitrogens with zero attached hydrogens (tertiary/aromatic N) is 3. The summed E-state index contributed by atoms with van der Waals surface area (Å²) in [5.74, 6) is 0. The molecule has 1 heterocycles. The lowest BCUT2D eigenvalue weighted by atomic mass is 10.1. The molecule has 1 aliphatic rings. The Morgan fingerprint density at radius 1 is 1.37 bits per heavy atom. The molecule has 0 spiro atoms. The monoisotopic (exact) mass is 258 g/mol. The highest BCUT2D eigenvalue weighted by Gasteiger charge is 2.23. The predicted molar refractivity (Wildman–Crippen MR) is 78.3 cm³/mol. The Kier molecular flexibility index (Phi) is 4.78. The van der Waals surface area contributed by atoms with Crippen LogP contribution < -0.4 is 10.2 Å². The van der Waals surface area contributed by atoms with Gasteiger partial charge in [-0.3, -0.25) is 0 Å². The predicted octanol–water partition coefficient (Wildman–Crippen LogP) is 1.29. The van der Waals surface area contributed by atoms with Gasteiger partial charge in [0.05, 0.1) is 11.3 Å². The maximum Gasteiger partial charge on any atom is 0.101 e. The first kappa shape index (κ1) is 13.9. The quantitative estimate of drug-likeness (QED) is 0.887. The molecule has 1 saturated heterocycles. The number of para-hydroxylation sites is 1. The van der Waals surface area contributed by atoms with Gasteiger partial charge in [0.1, 0.15) is 6.07 Å². The van der Waals surface area contributed by atoms with Gasteiger partial charge in [-0.25, -0.2) is 0 Å². The van der Waals surface area contributed by atoms with Crippen LogP contribution in [0.4, 0.5) is 5.69 Å². The summed E-state index contributed by atoms with van der Waals surface area (Å²) >= 11 is 0. The number of hydrogen-bond acceptors (Lipinski definition) is 4. The van der Waals surface area contributed by atoms with E-state index in [4.69, 9.17) is 0 Å². The second-order valence-electron chi connectivity index (χ2n) is 5.12. The van der Waals surface area contributed by atoms with E-state index in [-0.39, 0.29) is 0 Å². The number of nitriles is 1. The van der Waals surface area contributed by atoms with Gasteiger partial charge in [0.15, 0.2) is 0 Å². The molecular weight excluding hydrogens is 236 g/mol. The summed E-state index contributed by atoms with van der Waals surface area (Å²) < 4.78 is 0. The zero-order chi connectivity index (χ0) is 13.7. The van der Waals surface area contributed by atoms with Gasteiger partial charge in [0.25, 0.3) is 0 Å². The van der Waals surface area contributed by atoms with Gasteiger partial charge in [0, 0.05) is 25.7 Å². The maximum atomic E-state index is 9.24. The first-order valence-electron chi connectivity index (χ1n) is 6.85. The lowest BCUT2D eigenvalue weighted by molar-refractivity contribution is 0.257. The Labute approximate surface area is 115 Å². The Hall–Kier alpha value is -1.57. The second-order valence-corrected chi connectivity index (χ2v) is 5.12. The van der Waals surface area contributed by atoms with Crippen LogP contribution in [0.15, 0.2) is 24.3 Å². The van der Waals surface area contributed by atoms with Crippen molar-refractivity contribution in [3.05, 3.63) is 29.8 Å². The third kappa shape index (κ3) is 3.25. The summed E-state index contributed by atoms with van der Waals surface area (Å²) in [6.07, 6.45) is 1.14. The molecule has 4 nitrogen and oxygen atoms in total. The number of hydrogen-bond donors (Lipinski definition) is 1. The first-order chi connectivity index (χ1) is 9.26. The van der Waals surface area contributed by atoms with Crippen molar-refractivity contribution in [3.8, 4) is 6.07 Å². The van der Waals surface area contributed by atoms with Gasteiger partial charge >= 0.3 is 0 Å². The molecule has 1 aromatic carbocycles. The fraction of sp³-hybridized carbons (Fsp3) is 0.533. The van der Waals surface area contributed by atoms with Crippen molar-refractivity contribution in [2.45, 2.75) is 12.5 Å². The minimum Gasteiger partial charge on any atom is -0.369 e. The second kappa shape index (κ2) is 6.55. The smallest absolute Gasteiger partial charge is 0.101 e. The summed E-state index contributed by atoms with van der Waals surface area (Å²) in [6, 6.07) is 10.7. The molecule has 1 aliphatic heterocycles. The van der Waals surface area contributed by atoms with Gasteiger partial charge in [-0.05, 0) is 39.2 Å². The molecule has 4 heteroatoms. The van der Waals surface area contributed by atoms with Crippen molar-refractivity contribution < 1.29 is 0 Å². The minimum absolute atomic E-state index is 0.485. The highest BCUT2D eigenvalue weighted by molar-refractivity contribution is 5.59. The molecule has 1 fully saturated rings. The fourth-order valence-corrected chi connectivity index (χ4v) is 2.70. The zero-order valence-electron chi connectivity index (χ0n) is 11.8. The van der Waals surface area contributed by atoms with Crippen molar-refractivity contribution in [2.75, 3.05) is 45.2 Å². The number of rotatable bonds is 3. The van der Waals surface area contributed by atoms with E-state index in [2.05, 4.69) is 34.3 Å². The topological polar surface area (TPSA) is 42.3 Å². The van der Waals surface area contributed by atoms with E-state index < -0.39 is 0 Å². The first-order valence-corrected chi connectivity index (χ1v) is 6.85. The van der Waals surface area contributed by atoms with Crippen LogP contribution in [0.25, 0.3) is 0 Å². The van der Waals surface area contributed by atoms with Crippen LogP contribution >= 0.6 is 0 Å². The summed E-state index contributed by atoms with van der Waals surface area (Å²) in [5, 5.41) is 12.5. The van der Waals surface area contributed by atoms with Gasteiger partial charge in [-0.15, -0.1) is 0 Å². The Morgan fingerprint density at radius 3 is 2.89 bits per heavy atom. The van der Waals surface area contributed by atoms with Crippen molar-refractivity contribution in [1.82, 2.24) is 10.2 Å². The molecule has 1 N–H and O–H groups in total. The largest absolute Gasteiger partial charge is 0.369 e. The van der Waals surface area contributed by atoms with Crippen molar-refractivity contribution in [3.63, 3.8) is 0 Å². The fourth-order valence-electron chi connectivity index (χ4n) is 2.70. The molecule has 2 rings (SSSR count). The molecule has 1 atom stereocenters. The van der Waals surface area contributed by atoms with E-state index in [1.165, 1.54) is 0 Å². The van der Waals surface area contributed by atoms with Crippen LogP contribution in [0.2, 0.25) is 0 Å². The van der Waals surface area contributed by atoms with Crippen LogP contribution in [-0.2, 0) is 0 Å². The maximum absolute atomic E-state index is 9.24. The third-order valence-electron chi connectivity index (χ3n) is 3.80. The number of likely N-dealkylation sites (N-methyl/N-ethyl adjacent to an activating group) is 2. The molecular formula is C15H22N4. The van der Waals surface area contributed by atoms with E-state index >= 15 is 0 Å². The normalized spacial score (nSPS) is 20.9. The third-order valence-corrected chi connectivity index (χ3v) is 3.80. The minimum atomic E-state index is 0.485. The molecule has 1 unspecified atom stereocenters. The zero-order valence-corrected chi connectivity index (χ0v) is 11.8. The van der Waals surface area contributed by atoms with Crippen LogP contribution in [0, 0.1) is 11.3 Å². The molecule has 19 heavy (non-hydrogen) atoms. The van der Waals surface area contributed by atoms with E-state index in [0.29, 0.717) is 6.04 Å². The van der Waals surface area contributed by atoms with E-state index in [0.717, 1.165) is 43.9 Å². The lowest BCUT2D eigenvalue weighted by Crippen LogP contribution is -2.44. The van der Waals surface area contributed by atoms with Crippen molar-refractivity contribution in [1.29, 1.82) is 5.26 Å². The Morgan fingerprint density at radius 2 is 2.16 bits per heavy atom. The molecule has 0 aromatic heterocycles. The van der Waals surface area contributed by atoms with E-state index in [9.17, 15) is 5.26 Å². The number of anilines is 1. The molecule has 102 valence electrons. The highest BCUT2D eigenvalue weighted by Crippen LogP contribution is 2.22. The van der Waals surface area contributed by atoms with Gasteiger partial charge in [0.2, 0.25) is 0 Å². The number of benzene rings is 1. The van der Waals surface area contributed by atoms with Crippen LogP contribution in [0.5, 0.6) is 0 Å². The standard InChI is InChI=1S/C15H22N4/c1-17-11-14-12-19(9-5-8-18(14)2)15-7-4-3-6-13(15)10-16/h3-4,6-7,14,17H,5,8-9,11-12H2,1-2H3. The van der Waals surface area contributed by atoms with Crippen molar-refractivity contribution >= 4 is 5.69 Å². The van der Waals surface area contributed by atoms with E-state index in [1.54, 1.807) is 0 Å². The summed E-state index contributed by atoms with van der Waals surface area (Å²) in [5.41, 5.74) is 1.84. The molecule has 0 aliphatic carbocycles. The van der Waals surface area contributed by atoms with Gasteiger partial charge in [-0.1, -0.05) is 12.1 Å².